The van der Waals surface area contributed by atoms with Crippen molar-refractivity contribution in [3.8, 4) is 0 Å². The molecule has 1 aliphatic heterocycles. The minimum absolute atomic E-state index is 0.0814. The highest BCUT2D eigenvalue weighted by atomic mass is 16.4. The Hall–Kier alpha value is -2.30. The molecule has 2 N–H and O–H groups in total. The van der Waals surface area contributed by atoms with Gasteiger partial charge in [-0.25, -0.2) is 9.48 Å². The largest absolute Gasteiger partial charge is 0.477 e. The third-order valence-corrected chi connectivity index (χ3v) is 4.43. The first-order valence-electron chi connectivity index (χ1n) is 7.47. The maximum atomic E-state index is 11.6. The number of nitrogens with zero attached hydrogens (tertiary/aromatic N) is 2. The van der Waals surface area contributed by atoms with Crippen LogP contribution in [0.4, 0.5) is 5.82 Å². The molecule has 0 amide bonds. The molecule has 0 bridgehead atoms. The number of anilines is 1. The minimum Gasteiger partial charge on any atom is -0.477 e. The Bertz CT molecular complexity index is 746. The number of nitrogens with one attached hydrogen (secondary N) is 1. The molecule has 2 heterocycles. The van der Waals surface area contributed by atoms with Crippen LogP contribution in [-0.4, -0.2) is 20.9 Å². The number of aromatic carboxylic acids is 1. The number of fused-ring (bicyclic) bond motifs is 1. The average Bonchev–Trinajstić information content (AvgIpc) is 2.76. The van der Waals surface area contributed by atoms with Gasteiger partial charge in [-0.2, -0.15) is 5.10 Å². The Kier molecular flexibility index (Phi) is 3.24. The van der Waals surface area contributed by atoms with Crippen LogP contribution in [0.2, 0.25) is 0 Å². The van der Waals surface area contributed by atoms with E-state index in [1.54, 1.807) is 6.92 Å². The van der Waals surface area contributed by atoms with Crippen LogP contribution in [0.25, 0.3) is 0 Å². The molecule has 1 aromatic carbocycles. The van der Waals surface area contributed by atoms with Crippen molar-refractivity contribution in [3.05, 3.63) is 46.6 Å². The van der Waals surface area contributed by atoms with Crippen molar-refractivity contribution in [1.29, 1.82) is 0 Å². The highest BCUT2D eigenvalue weighted by Crippen LogP contribution is 2.41. The molecular weight excluding hydrogens is 278 g/mol. The van der Waals surface area contributed by atoms with E-state index in [0.717, 1.165) is 6.42 Å². The quantitative estimate of drug-likeness (QED) is 0.890. The van der Waals surface area contributed by atoms with Gasteiger partial charge in [-0.15, -0.1) is 0 Å². The second kappa shape index (κ2) is 4.87. The molecule has 5 nitrogen and oxygen atoms in total. The predicted octanol–water partition coefficient (Wildman–Crippen LogP) is 3.49. The van der Waals surface area contributed by atoms with Gasteiger partial charge in [0.2, 0.25) is 0 Å². The summed E-state index contributed by atoms with van der Waals surface area (Å²) in [5.74, 6) is -0.331. The standard InChI is InChI=1S/C17H21N3O2/c1-10-7-5-6-8-12(10)13-9-17(3,4)20-15(18-13)14(16(21)22)11(2)19-20/h5-8,13,18H,9H2,1-4H3,(H,21,22). The fourth-order valence-electron chi connectivity index (χ4n) is 3.32. The monoisotopic (exact) mass is 299 g/mol. The molecule has 22 heavy (non-hydrogen) atoms. The van der Waals surface area contributed by atoms with E-state index in [1.165, 1.54) is 11.1 Å². The van der Waals surface area contributed by atoms with Crippen molar-refractivity contribution in [1.82, 2.24) is 9.78 Å². The van der Waals surface area contributed by atoms with Gasteiger partial charge in [-0.05, 0) is 45.2 Å². The molecule has 0 aliphatic carbocycles. The van der Waals surface area contributed by atoms with Crippen molar-refractivity contribution in [2.24, 2.45) is 0 Å². The van der Waals surface area contributed by atoms with Gasteiger partial charge in [0, 0.05) is 0 Å². The molecule has 0 radical (unpaired) electrons. The first kappa shape index (κ1) is 14.6. The van der Waals surface area contributed by atoms with Gasteiger partial charge in [0.25, 0.3) is 0 Å². The summed E-state index contributed by atoms with van der Waals surface area (Å²) in [4.78, 5) is 11.6. The van der Waals surface area contributed by atoms with E-state index in [0.29, 0.717) is 11.5 Å². The van der Waals surface area contributed by atoms with Gasteiger partial charge in [0.05, 0.1) is 17.3 Å². The number of rotatable bonds is 2. The molecule has 2 aromatic rings. The number of carbonyl (C=O) groups is 1. The predicted molar refractivity (Wildman–Crippen MR) is 85.4 cm³/mol. The zero-order chi connectivity index (χ0) is 16.1. The van der Waals surface area contributed by atoms with Crippen LogP contribution in [0.1, 0.15) is 53.5 Å². The van der Waals surface area contributed by atoms with Crippen molar-refractivity contribution >= 4 is 11.8 Å². The Morgan fingerprint density at radius 3 is 2.68 bits per heavy atom. The topological polar surface area (TPSA) is 67.2 Å². The molecule has 1 unspecified atom stereocenters. The highest BCUT2D eigenvalue weighted by molar-refractivity contribution is 5.95. The lowest BCUT2D eigenvalue weighted by Gasteiger charge is -2.38. The zero-order valence-corrected chi connectivity index (χ0v) is 13.3. The van der Waals surface area contributed by atoms with E-state index >= 15 is 0 Å². The van der Waals surface area contributed by atoms with E-state index < -0.39 is 5.97 Å². The Morgan fingerprint density at radius 1 is 1.36 bits per heavy atom. The van der Waals surface area contributed by atoms with E-state index in [2.05, 4.69) is 43.3 Å². The van der Waals surface area contributed by atoms with E-state index in [-0.39, 0.29) is 17.1 Å². The number of carboxylic acids is 1. The zero-order valence-electron chi connectivity index (χ0n) is 13.3. The Morgan fingerprint density at radius 2 is 2.05 bits per heavy atom. The Balaban J connectivity index is 2.12. The second-order valence-electron chi connectivity index (χ2n) is 6.60. The normalized spacial score (nSPS) is 19.4. The SMILES string of the molecule is Cc1ccccc1C1CC(C)(C)n2nc(C)c(C(=O)O)c2N1. The molecule has 0 saturated carbocycles. The summed E-state index contributed by atoms with van der Waals surface area (Å²) in [5, 5.41) is 17.3. The molecule has 0 spiro atoms. The lowest BCUT2D eigenvalue weighted by molar-refractivity contribution is 0.0696. The molecule has 0 saturated heterocycles. The Labute approximate surface area is 130 Å². The third kappa shape index (κ3) is 2.17. The van der Waals surface area contributed by atoms with Crippen LogP contribution >= 0.6 is 0 Å². The summed E-state index contributed by atoms with van der Waals surface area (Å²) in [5.41, 5.74) is 2.99. The van der Waals surface area contributed by atoms with Crippen LogP contribution in [0.15, 0.2) is 24.3 Å². The maximum absolute atomic E-state index is 11.6. The summed E-state index contributed by atoms with van der Waals surface area (Å²) in [6, 6.07) is 8.30. The number of benzene rings is 1. The molecule has 3 rings (SSSR count). The van der Waals surface area contributed by atoms with Gasteiger partial charge in [0.15, 0.2) is 0 Å². The van der Waals surface area contributed by atoms with E-state index in [4.69, 9.17) is 0 Å². The fourth-order valence-corrected chi connectivity index (χ4v) is 3.32. The van der Waals surface area contributed by atoms with Gasteiger partial charge in [0.1, 0.15) is 11.4 Å². The lowest BCUT2D eigenvalue weighted by atomic mass is 9.87. The maximum Gasteiger partial charge on any atom is 0.341 e. The van der Waals surface area contributed by atoms with E-state index in [9.17, 15) is 9.90 Å². The van der Waals surface area contributed by atoms with Gasteiger partial charge >= 0.3 is 5.97 Å². The molecule has 1 aliphatic rings. The summed E-state index contributed by atoms with van der Waals surface area (Å²) >= 11 is 0. The van der Waals surface area contributed by atoms with Gasteiger partial charge < -0.3 is 10.4 Å². The third-order valence-electron chi connectivity index (χ3n) is 4.43. The van der Waals surface area contributed by atoms with Crippen molar-refractivity contribution < 1.29 is 9.90 Å². The van der Waals surface area contributed by atoms with E-state index in [1.807, 2.05) is 16.8 Å². The first-order chi connectivity index (χ1) is 10.3. The van der Waals surface area contributed by atoms with Crippen LogP contribution in [0.5, 0.6) is 0 Å². The molecule has 1 atom stereocenters. The van der Waals surface area contributed by atoms with Gasteiger partial charge in [-0.1, -0.05) is 24.3 Å². The summed E-state index contributed by atoms with van der Waals surface area (Å²) in [6.45, 7) is 8.02. The smallest absolute Gasteiger partial charge is 0.341 e. The van der Waals surface area contributed by atoms with Crippen molar-refractivity contribution in [2.45, 2.75) is 45.7 Å². The summed E-state index contributed by atoms with van der Waals surface area (Å²) in [6.07, 6.45) is 0.852. The first-order valence-corrected chi connectivity index (χ1v) is 7.47. The van der Waals surface area contributed by atoms with Gasteiger partial charge in [-0.3, -0.25) is 0 Å². The lowest BCUT2D eigenvalue weighted by Crippen LogP contribution is -2.38. The van der Waals surface area contributed by atoms with Crippen LogP contribution in [-0.2, 0) is 5.54 Å². The molecule has 116 valence electrons. The second-order valence-corrected chi connectivity index (χ2v) is 6.60. The van der Waals surface area contributed by atoms with Crippen molar-refractivity contribution in [3.63, 3.8) is 0 Å². The van der Waals surface area contributed by atoms with Crippen molar-refractivity contribution in [2.75, 3.05) is 5.32 Å². The van der Waals surface area contributed by atoms with Crippen LogP contribution in [0.3, 0.4) is 0 Å². The number of hydrogen-bond acceptors (Lipinski definition) is 3. The van der Waals surface area contributed by atoms with Crippen LogP contribution < -0.4 is 5.32 Å². The summed E-state index contributed by atoms with van der Waals surface area (Å²) in [7, 11) is 0. The number of aromatic nitrogens is 2. The summed E-state index contributed by atoms with van der Waals surface area (Å²) < 4.78 is 1.82. The number of carboxylic acid groups (broad SMARTS) is 1. The minimum atomic E-state index is -0.938. The molecular formula is C17H21N3O2. The number of hydrogen-bond donors (Lipinski definition) is 2. The molecule has 0 fully saturated rings. The van der Waals surface area contributed by atoms with Crippen LogP contribution in [0, 0.1) is 13.8 Å². The highest BCUT2D eigenvalue weighted by Gasteiger charge is 2.38. The molecule has 5 heteroatoms. The fraction of sp³-hybridized carbons (Fsp3) is 0.412. The molecule has 1 aromatic heterocycles. The average molecular weight is 299 g/mol. The number of aryl methyl sites for hydroxylation is 2.